The van der Waals surface area contributed by atoms with E-state index in [1.165, 1.54) is 0 Å². The van der Waals surface area contributed by atoms with Gasteiger partial charge in [0, 0.05) is 12.5 Å². The maximum Gasteiger partial charge on any atom is 0.488 e. The van der Waals surface area contributed by atoms with Crippen molar-refractivity contribution in [2.75, 3.05) is 7.05 Å². The highest BCUT2D eigenvalue weighted by Gasteiger charge is 2.12. The maximum absolute atomic E-state index is 11.0. The lowest BCUT2D eigenvalue weighted by atomic mass is 9.80. The normalized spacial score (nSPS) is 12.2. The van der Waals surface area contributed by atoms with Crippen LogP contribution < -0.4 is 10.8 Å². The van der Waals surface area contributed by atoms with Crippen molar-refractivity contribution in [3.8, 4) is 0 Å². The van der Waals surface area contributed by atoms with Gasteiger partial charge < -0.3 is 15.4 Å². The van der Waals surface area contributed by atoms with Crippen LogP contribution in [0.5, 0.6) is 0 Å². The number of Topliss-reactive ketones (excluding diaryl/α,β-unsaturated/α-hetero) is 1. The van der Waals surface area contributed by atoms with Gasteiger partial charge in [-0.05, 0) is 31.4 Å². The molecule has 0 amide bonds. The van der Waals surface area contributed by atoms with Gasteiger partial charge in [-0.15, -0.1) is 0 Å². The van der Waals surface area contributed by atoms with Gasteiger partial charge >= 0.3 is 7.12 Å². The fraction of sp³-hybridized carbons (Fsp3) is 0.417. The highest BCUT2D eigenvalue weighted by Crippen LogP contribution is 2.05. The molecule has 5 heteroatoms. The zero-order valence-electron chi connectivity index (χ0n) is 10.2. The molecule has 0 aliphatic carbocycles. The van der Waals surface area contributed by atoms with Crippen LogP contribution in [0.1, 0.15) is 18.9 Å². The number of carbonyl (C=O) groups excluding carboxylic acids is 1. The van der Waals surface area contributed by atoms with Crippen molar-refractivity contribution in [1.82, 2.24) is 5.32 Å². The molecule has 0 aliphatic heterocycles. The number of ketones is 1. The highest BCUT2D eigenvalue weighted by molar-refractivity contribution is 6.58. The first-order valence-corrected chi connectivity index (χ1v) is 5.64. The maximum atomic E-state index is 11.0. The van der Waals surface area contributed by atoms with Gasteiger partial charge in [0.25, 0.3) is 0 Å². The number of hydrogen-bond acceptors (Lipinski definition) is 4. The molecule has 0 radical (unpaired) electrons. The molecular formula is C12H18BNO3. The monoisotopic (exact) mass is 235 g/mol. The number of hydrogen-bond donors (Lipinski definition) is 3. The van der Waals surface area contributed by atoms with E-state index in [1.807, 2.05) is 19.2 Å². The second-order valence-corrected chi connectivity index (χ2v) is 4.21. The molecule has 92 valence electrons. The molecule has 1 atom stereocenters. The van der Waals surface area contributed by atoms with Crippen LogP contribution in [0.3, 0.4) is 0 Å². The van der Waals surface area contributed by atoms with Crippen LogP contribution in [-0.2, 0) is 11.2 Å². The summed E-state index contributed by atoms with van der Waals surface area (Å²) in [4.78, 5) is 11.0. The van der Waals surface area contributed by atoms with E-state index in [1.54, 1.807) is 19.1 Å². The van der Waals surface area contributed by atoms with Crippen LogP contribution >= 0.6 is 0 Å². The molecule has 0 fully saturated rings. The van der Waals surface area contributed by atoms with Crippen LogP contribution in [0.25, 0.3) is 0 Å². The highest BCUT2D eigenvalue weighted by atomic mass is 16.4. The van der Waals surface area contributed by atoms with Crippen molar-refractivity contribution in [2.24, 2.45) is 0 Å². The van der Waals surface area contributed by atoms with Gasteiger partial charge in [-0.3, -0.25) is 4.79 Å². The predicted octanol–water partition coefficient (Wildman–Crippen LogP) is -0.524. The number of likely N-dealkylation sites (N-methyl/N-ethyl adjacent to an activating group) is 1. The molecule has 3 N–H and O–H groups in total. The molecule has 4 nitrogen and oxygen atoms in total. The Balaban J connectivity index is 2.64. The van der Waals surface area contributed by atoms with Crippen molar-refractivity contribution in [3.05, 3.63) is 29.8 Å². The fourth-order valence-corrected chi connectivity index (χ4v) is 1.73. The lowest BCUT2D eigenvalue weighted by molar-refractivity contribution is -0.117. The quantitative estimate of drug-likeness (QED) is 0.580. The van der Waals surface area contributed by atoms with Gasteiger partial charge in [-0.25, -0.2) is 0 Å². The molecule has 0 aromatic heterocycles. The van der Waals surface area contributed by atoms with Crippen molar-refractivity contribution >= 4 is 18.4 Å². The topological polar surface area (TPSA) is 69.6 Å². The van der Waals surface area contributed by atoms with E-state index in [9.17, 15) is 4.79 Å². The van der Waals surface area contributed by atoms with Crippen molar-refractivity contribution < 1.29 is 14.8 Å². The molecule has 0 heterocycles. The van der Waals surface area contributed by atoms with Gasteiger partial charge in [0.1, 0.15) is 5.78 Å². The zero-order chi connectivity index (χ0) is 12.8. The molecule has 0 bridgehead atoms. The Morgan fingerprint density at radius 2 is 1.94 bits per heavy atom. The van der Waals surface area contributed by atoms with Crippen molar-refractivity contribution in [2.45, 2.75) is 25.8 Å². The van der Waals surface area contributed by atoms with Crippen LogP contribution in [0.4, 0.5) is 0 Å². The molecule has 0 saturated heterocycles. The molecule has 1 aromatic rings. The Morgan fingerprint density at radius 1 is 1.35 bits per heavy atom. The van der Waals surface area contributed by atoms with E-state index in [0.29, 0.717) is 11.9 Å². The standard InChI is InChI=1S/C12H18BNO3/c1-9(15)7-12(14-2)8-10-3-5-11(6-4-10)13(16)17/h3-6,12,14,16-17H,7-8H2,1-2H3. The summed E-state index contributed by atoms with van der Waals surface area (Å²) in [6, 6.07) is 7.18. The molecule has 1 aromatic carbocycles. The van der Waals surface area contributed by atoms with E-state index in [2.05, 4.69) is 5.32 Å². The average molecular weight is 235 g/mol. The average Bonchev–Trinajstić information content (AvgIpc) is 2.28. The van der Waals surface area contributed by atoms with Crippen LogP contribution in [-0.4, -0.2) is 36.0 Å². The summed E-state index contributed by atoms with van der Waals surface area (Å²) in [7, 11) is 0.404. The van der Waals surface area contributed by atoms with Crippen molar-refractivity contribution in [3.63, 3.8) is 0 Å². The summed E-state index contributed by atoms with van der Waals surface area (Å²) in [5, 5.41) is 21.0. The Labute approximate surface area is 102 Å². The third-order valence-corrected chi connectivity index (χ3v) is 2.70. The lowest BCUT2D eigenvalue weighted by Gasteiger charge is -2.14. The molecule has 1 rings (SSSR count). The summed E-state index contributed by atoms with van der Waals surface area (Å²) in [5.74, 6) is 0.159. The first-order chi connectivity index (χ1) is 8.02. The van der Waals surface area contributed by atoms with E-state index < -0.39 is 7.12 Å². The van der Waals surface area contributed by atoms with E-state index >= 15 is 0 Å². The third kappa shape index (κ3) is 4.69. The minimum atomic E-state index is -1.43. The van der Waals surface area contributed by atoms with Gasteiger partial charge in [0.2, 0.25) is 0 Å². The number of carbonyl (C=O) groups is 1. The molecule has 0 aliphatic rings. The van der Waals surface area contributed by atoms with Crippen molar-refractivity contribution in [1.29, 1.82) is 0 Å². The van der Waals surface area contributed by atoms with E-state index in [4.69, 9.17) is 10.0 Å². The second-order valence-electron chi connectivity index (χ2n) is 4.21. The summed E-state index contributed by atoms with van der Waals surface area (Å²) in [6.07, 6.45) is 1.25. The van der Waals surface area contributed by atoms with E-state index in [-0.39, 0.29) is 11.8 Å². The lowest BCUT2D eigenvalue weighted by Crippen LogP contribution is -2.31. The van der Waals surface area contributed by atoms with Crippen LogP contribution in [0, 0.1) is 0 Å². The largest absolute Gasteiger partial charge is 0.488 e. The van der Waals surface area contributed by atoms with Gasteiger partial charge in [-0.2, -0.15) is 0 Å². The Hall–Kier alpha value is -1.17. The Morgan fingerprint density at radius 3 is 2.35 bits per heavy atom. The summed E-state index contributed by atoms with van der Waals surface area (Å²) in [6.45, 7) is 1.58. The molecular weight excluding hydrogens is 217 g/mol. The molecule has 17 heavy (non-hydrogen) atoms. The summed E-state index contributed by atoms with van der Waals surface area (Å²) in [5.41, 5.74) is 1.54. The van der Waals surface area contributed by atoms with Gasteiger partial charge in [-0.1, -0.05) is 24.3 Å². The minimum Gasteiger partial charge on any atom is -0.423 e. The number of benzene rings is 1. The fourth-order valence-electron chi connectivity index (χ4n) is 1.73. The SMILES string of the molecule is CNC(CC(C)=O)Cc1ccc(B(O)O)cc1. The van der Waals surface area contributed by atoms with E-state index in [0.717, 1.165) is 12.0 Å². The molecule has 0 saturated carbocycles. The summed E-state index contributed by atoms with van der Waals surface area (Å²) < 4.78 is 0. The Bertz CT molecular complexity index is 365. The van der Waals surface area contributed by atoms with Gasteiger partial charge in [0.05, 0.1) is 0 Å². The zero-order valence-corrected chi connectivity index (χ0v) is 10.2. The number of nitrogens with one attached hydrogen (secondary N) is 1. The first-order valence-electron chi connectivity index (χ1n) is 5.64. The third-order valence-electron chi connectivity index (χ3n) is 2.70. The smallest absolute Gasteiger partial charge is 0.423 e. The number of rotatable bonds is 6. The molecule has 1 unspecified atom stereocenters. The molecule has 0 spiro atoms. The predicted molar refractivity (Wildman–Crippen MR) is 68.1 cm³/mol. The van der Waals surface area contributed by atoms with Gasteiger partial charge in [0.15, 0.2) is 0 Å². The van der Waals surface area contributed by atoms with Crippen LogP contribution in [0.2, 0.25) is 0 Å². The second kappa shape index (κ2) is 6.54. The van der Waals surface area contributed by atoms with Crippen LogP contribution in [0.15, 0.2) is 24.3 Å². The Kier molecular flexibility index (Phi) is 5.35. The first kappa shape index (κ1) is 13.9. The summed E-state index contributed by atoms with van der Waals surface area (Å²) >= 11 is 0. The minimum absolute atomic E-state index is 0.123.